The number of rotatable bonds is 1. The van der Waals surface area contributed by atoms with Crippen LogP contribution in [0.2, 0.25) is 0 Å². The molecule has 1 aromatic heterocycles. The first-order valence-electron chi connectivity index (χ1n) is 3.01. The van der Waals surface area contributed by atoms with Gasteiger partial charge in [0.05, 0.1) is 5.38 Å². The van der Waals surface area contributed by atoms with E-state index in [0.29, 0.717) is 0 Å². The molecule has 0 saturated carbocycles. The van der Waals surface area contributed by atoms with Gasteiger partial charge in [0.25, 0.3) is 0 Å². The normalized spacial score (nSPS) is 14.2. The zero-order valence-corrected chi connectivity index (χ0v) is 6.77. The lowest BCUT2D eigenvalue weighted by Gasteiger charge is -2.03. The van der Waals surface area contributed by atoms with Gasteiger partial charge in [-0.05, 0) is 11.4 Å². The van der Waals surface area contributed by atoms with Crippen molar-refractivity contribution >= 4 is 17.2 Å². The molecule has 0 aliphatic rings. The van der Waals surface area contributed by atoms with E-state index in [1.165, 1.54) is 5.38 Å². The molecular weight excluding hydrogens is 211 g/mol. The van der Waals surface area contributed by atoms with Gasteiger partial charge in [-0.2, -0.15) is 17.6 Å². The maximum absolute atomic E-state index is 12.6. The second-order valence-corrected chi connectivity index (χ2v) is 2.77. The summed E-state index contributed by atoms with van der Waals surface area (Å²) >= 11 is 0.863. The van der Waals surface area contributed by atoms with Gasteiger partial charge in [0.2, 0.25) is 5.83 Å². The van der Waals surface area contributed by atoms with Crippen LogP contribution in [0.15, 0.2) is 17.3 Å². The largest absolute Gasteiger partial charge is 0.445 e. The predicted octanol–water partition coefficient (Wildman–Crippen LogP) is 3.72. The van der Waals surface area contributed by atoms with Gasteiger partial charge in [0.15, 0.2) is 5.83 Å². The van der Waals surface area contributed by atoms with Crippen LogP contribution < -0.4 is 0 Å². The zero-order chi connectivity index (χ0) is 10.1. The lowest BCUT2D eigenvalue weighted by Crippen LogP contribution is -2.09. The highest BCUT2D eigenvalue weighted by Crippen LogP contribution is 2.34. The van der Waals surface area contributed by atoms with E-state index in [2.05, 4.69) is 5.38 Å². The Labute approximate surface area is 74.3 Å². The summed E-state index contributed by atoms with van der Waals surface area (Å²) in [5, 5.41) is 3.46. The van der Waals surface area contributed by atoms with Crippen LogP contribution in [-0.2, 0) is 0 Å². The van der Waals surface area contributed by atoms with E-state index in [1.54, 1.807) is 0 Å². The second kappa shape index (κ2) is 3.45. The van der Waals surface area contributed by atoms with Gasteiger partial charge < -0.3 is 0 Å². The predicted molar refractivity (Wildman–Crippen MR) is 38.3 cm³/mol. The molecule has 1 radical (unpaired) electrons. The minimum Gasteiger partial charge on any atom is -0.203 e. The van der Waals surface area contributed by atoms with Gasteiger partial charge in [0.1, 0.15) is 0 Å². The number of allylic oxidation sites excluding steroid dienone is 1. The minimum atomic E-state index is -5.28. The molecule has 0 N–H and O–H groups in total. The Morgan fingerprint density at radius 3 is 2.31 bits per heavy atom. The number of alkyl halides is 3. The van der Waals surface area contributed by atoms with E-state index in [1.807, 2.05) is 0 Å². The molecule has 6 heteroatoms. The first kappa shape index (κ1) is 10.2. The van der Waals surface area contributed by atoms with Crippen LogP contribution in [0, 0.1) is 5.38 Å². The Morgan fingerprint density at radius 2 is 1.92 bits per heavy atom. The van der Waals surface area contributed by atoms with Gasteiger partial charge in [-0.25, -0.2) is 4.39 Å². The summed E-state index contributed by atoms with van der Waals surface area (Å²) in [6, 6.07) is 1.02. The molecule has 71 valence electrons. The highest BCUT2D eigenvalue weighted by Gasteiger charge is 2.38. The Kier molecular flexibility index (Phi) is 2.70. The van der Waals surface area contributed by atoms with Crippen molar-refractivity contribution in [3.8, 4) is 0 Å². The van der Waals surface area contributed by atoms with Crippen LogP contribution in [0.3, 0.4) is 0 Å². The second-order valence-electron chi connectivity index (χ2n) is 2.06. The molecule has 0 spiro atoms. The van der Waals surface area contributed by atoms with Crippen molar-refractivity contribution in [3.63, 3.8) is 0 Å². The monoisotopic (exact) mass is 213 g/mol. The van der Waals surface area contributed by atoms with E-state index < -0.39 is 23.4 Å². The van der Waals surface area contributed by atoms with Gasteiger partial charge in [0, 0.05) is 5.56 Å². The number of thiophene rings is 1. The Morgan fingerprint density at radius 1 is 1.31 bits per heavy atom. The fourth-order valence-electron chi connectivity index (χ4n) is 0.594. The highest BCUT2D eigenvalue weighted by molar-refractivity contribution is 7.07. The topological polar surface area (TPSA) is 0 Å². The van der Waals surface area contributed by atoms with Gasteiger partial charge >= 0.3 is 6.18 Å². The lowest BCUT2D eigenvalue weighted by atomic mass is 10.3. The summed E-state index contributed by atoms with van der Waals surface area (Å²) in [4.78, 5) is 0. The molecule has 0 unspecified atom stereocenters. The quantitative estimate of drug-likeness (QED) is 0.623. The average Bonchev–Trinajstić information content (AvgIpc) is 2.51. The summed E-state index contributed by atoms with van der Waals surface area (Å²) in [6.07, 6.45) is -5.28. The first-order valence-corrected chi connectivity index (χ1v) is 3.89. The fraction of sp³-hybridized carbons (Fsp3) is 0.143. The van der Waals surface area contributed by atoms with Crippen LogP contribution in [-0.4, -0.2) is 6.18 Å². The summed E-state index contributed by atoms with van der Waals surface area (Å²) < 4.78 is 59.7. The Hall–Kier alpha value is -0.910. The Bertz CT molecular complexity index is 308. The third-order valence-corrected chi connectivity index (χ3v) is 1.76. The van der Waals surface area contributed by atoms with E-state index in [9.17, 15) is 22.0 Å². The molecule has 0 aromatic carbocycles. The maximum atomic E-state index is 12.6. The summed E-state index contributed by atoms with van der Waals surface area (Å²) in [7, 11) is 0. The van der Waals surface area contributed by atoms with Gasteiger partial charge in [-0.1, -0.05) is 0 Å². The molecule has 0 amide bonds. The van der Waals surface area contributed by atoms with Crippen molar-refractivity contribution < 1.29 is 22.0 Å². The minimum absolute atomic E-state index is 0.514. The molecule has 0 nitrogen and oxygen atoms in total. The summed E-state index contributed by atoms with van der Waals surface area (Å²) in [5.74, 6) is -4.64. The first-order chi connectivity index (χ1) is 5.93. The van der Waals surface area contributed by atoms with Crippen LogP contribution in [0.1, 0.15) is 5.56 Å². The molecule has 0 bridgehead atoms. The molecule has 1 rings (SSSR count). The molecule has 0 saturated heterocycles. The third-order valence-electron chi connectivity index (χ3n) is 1.15. The van der Waals surface area contributed by atoms with Crippen molar-refractivity contribution in [1.82, 2.24) is 0 Å². The fourth-order valence-corrected chi connectivity index (χ4v) is 1.15. The highest BCUT2D eigenvalue weighted by atomic mass is 32.1. The standard InChI is InChI=1S/C7H2F5S/c8-5(4-1-2-13-3-4)6(9)7(10,11)12/h1-2H/b6-5-. The number of halogens is 5. The van der Waals surface area contributed by atoms with Crippen molar-refractivity contribution in [2.75, 3.05) is 0 Å². The molecule has 13 heavy (non-hydrogen) atoms. The number of hydrogen-bond donors (Lipinski definition) is 0. The van der Waals surface area contributed by atoms with Crippen molar-refractivity contribution in [3.05, 3.63) is 28.2 Å². The molecule has 0 aliphatic heterocycles. The average molecular weight is 213 g/mol. The van der Waals surface area contributed by atoms with Crippen molar-refractivity contribution in [1.29, 1.82) is 0 Å². The summed E-state index contributed by atoms with van der Waals surface area (Å²) in [5.41, 5.74) is -0.514. The zero-order valence-electron chi connectivity index (χ0n) is 5.95. The van der Waals surface area contributed by atoms with E-state index in [-0.39, 0.29) is 0 Å². The maximum Gasteiger partial charge on any atom is 0.445 e. The molecule has 0 atom stereocenters. The summed E-state index contributed by atoms with van der Waals surface area (Å²) in [6.45, 7) is 0. The van der Waals surface area contributed by atoms with Gasteiger partial charge in [-0.3, -0.25) is 0 Å². The molecule has 0 aliphatic carbocycles. The van der Waals surface area contributed by atoms with Crippen molar-refractivity contribution in [2.45, 2.75) is 6.18 Å². The van der Waals surface area contributed by atoms with Crippen LogP contribution in [0.5, 0.6) is 0 Å². The third kappa shape index (κ3) is 2.27. The lowest BCUT2D eigenvalue weighted by molar-refractivity contribution is -0.108. The molecule has 0 fully saturated rings. The molecular formula is C7H2F5S. The van der Waals surface area contributed by atoms with Crippen LogP contribution >= 0.6 is 11.3 Å². The van der Waals surface area contributed by atoms with E-state index in [4.69, 9.17) is 0 Å². The Balaban J connectivity index is 3.07. The smallest absolute Gasteiger partial charge is 0.203 e. The molecule has 1 heterocycles. The van der Waals surface area contributed by atoms with Crippen LogP contribution in [0.25, 0.3) is 5.83 Å². The molecule has 1 aromatic rings. The van der Waals surface area contributed by atoms with Gasteiger partial charge in [-0.15, -0.1) is 11.3 Å². The SMILES string of the molecule is F/C(=C(\F)C(F)(F)F)c1[c]scc1. The van der Waals surface area contributed by atoms with E-state index in [0.717, 1.165) is 17.4 Å². The van der Waals surface area contributed by atoms with E-state index >= 15 is 0 Å². The van der Waals surface area contributed by atoms with Crippen molar-refractivity contribution in [2.24, 2.45) is 0 Å². The van der Waals surface area contributed by atoms with Crippen LogP contribution in [0.4, 0.5) is 22.0 Å². The number of hydrogen-bond acceptors (Lipinski definition) is 1.